The first-order valence-electron chi connectivity index (χ1n) is 5.39. The molecule has 0 fully saturated rings. The van der Waals surface area contributed by atoms with Crippen molar-refractivity contribution in [2.45, 2.75) is 25.4 Å². The van der Waals surface area contributed by atoms with E-state index in [1.54, 1.807) is 37.3 Å². The number of halogens is 3. The SMILES string of the molecule is CCCN(Cc1ccccc1)S(=O)(=O)C(F)(F)F. The van der Waals surface area contributed by atoms with Gasteiger partial charge < -0.3 is 0 Å². The molecule has 1 aromatic rings. The van der Waals surface area contributed by atoms with Gasteiger partial charge in [0, 0.05) is 13.1 Å². The number of hydrogen-bond donors (Lipinski definition) is 0. The number of sulfonamides is 1. The molecule has 0 atom stereocenters. The van der Waals surface area contributed by atoms with Crippen LogP contribution in [0.2, 0.25) is 0 Å². The van der Waals surface area contributed by atoms with Gasteiger partial charge in [0.2, 0.25) is 0 Å². The Morgan fingerprint density at radius 3 is 2.17 bits per heavy atom. The monoisotopic (exact) mass is 281 g/mol. The molecule has 0 heterocycles. The van der Waals surface area contributed by atoms with E-state index in [0.29, 0.717) is 16.3 Å². The zero-order valence-electron chi connectivity index (χ0n) is 9.81. The summed E-state index contributed by atoms with van der Waals surface area (Å²) < 4.78 is 60.6. The summed E-state index contributed by atoms with van der Waals surface area (Å²) in [5.41, 5.74) is -4.73. The highest BCUT2D eigenvalue weighted by Gasteiger charge is 2.49. The lowest BCUT2D eigenvalue weighted by molar-refractivity contribution is -0.0491. The maximum absolute atomic E-state index is 12.5. The number of rotatable bonds is 5. The van der Waals surface area contributed by atoms with Gasteiger partial charge in [-0.15, -0.1) is 0 Å². The summed E-state index contributed by atoms with van der Waals surface area (Å²) in [5.74, 6) is 0. The van der Waals surface area contributed by atoms with Crippen LogP contribution in [0.5, 0.6) is 0 Å². The number of benzene rings is 1. The van der Waals surface area contributed by atoms with Crippen LogP contribution in [0.4, 0.5) is 13.2 Å². The molecular weight excluding hydrogens is 267 g/mol. The lowest BCUT2D eigenvalue weighted by atomic mass is 10.2. The predicted molar refractivity (Wildman–Crippen MR) is 62.1 cm³/mol. The minimum Gasteiger partial charge on any atom is -0.203 e. The lowest BCUT2D eigenvalue weighted by Gasteiger charge is -2.22. The summed E-state index contributed by atoms with van der Waals surface area (Å²) in [6.07, 6.45) is 0.322. The largest absolute Gasteiger partial charge is 0.511 e. The van der Waals surface area contributed by atoms with E-state index in [2.05, 4.69) is 0 Å². The van der Waals surface area contributed by atoms with Crippen LogP contribution in [0, 0.1) is 0 Å². The molecule has 0 unspecified atom stereocenters. The Bertz CT molecular complexity index is 471. The molecule has 1 rings (SSSR count). The minimum atomic E-state index is -5.27. The highest BCUT2D eigenvalue weighted by molar-refractivity contribution is 7.89. The molecule has 0 N–H and O–H groups in total. The summed E-state index contributed by atoms with van der Waals surface area (Å²) >= 11 is 0. The molecule has 0 aliphatic rings. The van der Waals surface area contributed by atoms with Crippen molar-refractivity contribution in [1.29, 1.82) is 0 Å². The summed E-state index contributed by atoms with van der Waals surface area (Å²) in [6.45, 7) is 1.21. The van der Waals surface area contributed by atoms with Gasteiger partial charge in [-0.3, -0.25) is 0 Å². The van der Waals surface area contributed by atoms with E-state index < -0.39 is 15.5 Å². The molecule has 0 aliphatic heterocycles. The van der Waals surface area contributed by atoms with Crippen molar-refractivity contribution < 1.29 is 21.6 Å². The molecule has 0 saturated carbocycles. The first-order chi connectivity index (χ1) is 8.29. The average Bonchev–Trinajstić information content (AvgIpc) is 2.28. The van der Waals surface area contributed by atoms with Crippen molar-refractivity contribution in [3.8, 4) is 0 Å². The first-order valence-corrected chi connectivity index (χ1v) is 6.83. The Morgan fingerprint density at radius 1 is 1.17 bits per heavy atom. The highest BCUT2D eigenvalue weighted by Crippen LogP contribution is 2.28. The van der Waals surface area contributed by atoms with Gasteiger partial charge in [-0.1, -0.05) is 37.3 Å². The summed E-state index contributed by atoms with van der Waals surface area (Å²) in [5, 5.41) is 0. The molecule has 0 saturated heterocycles. The smallest absolute Gasteiger partial charge is 0.203 e. The molecular formula is C11H14F3NO2S. The van der Waals surface area contributed by atoms with Crippen molar-refractivity contribution in [3.63, 3.8) is 0 Å². The van der Waals surface area contributed by atoms with Crippen LogP contribution in [-0.4, -0.2) is 24.8 Å². The topological polar surface area (TPSA) is 37.4 Å². The van der Waals surface area contributed by atoms with E-state index in [1.807, 2.05) is 0 Å². The van der Waals surface area contributed by atoms with Gasteiger partial charge in [0.15, 0.2) is 0 Å². The van der Waals surface area contributed by atoms with Gasteiger partial charge in [0.05, 0.1) is 0 Å². The van der Waals surface area contributed by atoms with Crippen LogP contribution in [0.1, 0.15) is 18.9 Å². The van der Waals surface area contributed by atoms with Crippen LogP contribution >= 0.6 is 0 Å². The molecule has 0 spiro atoms. The second kappa shape index (κ2) is 5.71. The zero-order chi connectivity index (χ0) is 13.8. The number of nitrogens with zero attached hydrogens (tertiary/aromatic N) is 1. The third kappa shape index (κ3) is 3.46. The van der Waals surface area contributed by atoms with Gasteiger partial charge in [0.1, 0.15) is 0 Å². The average molecular weight is 281 g/mol. The van der Waals surface area contributed by atoms with Crippen molar-refractivity contribution in [1.82, 2.24) is 4.31 Å². The van der Waals surface area contributed by atoms with Crippen molar-refractivity contribution in [2.24, 2.45) is 0 Å². The first kappa shape index (κ1) is 15.0. The standard InChI is InChI=1S/C11H14F3NO2S/c1-2-8-15(18(16,17)11(12,13)14)9-10-6-4-3-5-7-10/h3-7H,2,8-9H2,1H3. The molecule has 3 nitrogen and oxygen atoms in total. The van der Waals surface area contributed by atoms with E-state index in [0.717, 1.165) is 0 Å². The fourth-order valence-electron chi connectivity index (χ4n) is 1.47. The van der Waals surface area contributed by atoms with E-state index in [1.165, 1.54) is 0 Å². The third-order valence-electron chi connectivity index (χ3n) is 2.31. The summed E-state index contributed by atoms with van der Waals surface area (Å²) in [4.78, 5) is 0. The summed E-state index contributed by atoms with van der Waals surface area (Å²) in [6, 6.07) is 8.20. The maximum Gasteiger partial charge on any atom is 0.511 e. The highest BCUT2D eigenvalue weighted by atomic mass is 32.2. The maximum atomic E-state index is 12.5. The van der Waals surface area contributed by atoms with Crippen LogP contribution in [0.25, 0.3) is 0 Å². The molecule has 7 heteroatoms. The molecule has 0 aromatic heterocycles. The Kier molecular flexibility index (Phi) is 4.75. The Labute approximate surface area is 104 Å². The van der Waals surface area contributed by atoms with Crippen LogP contribution in [0.3, 0.4) is 0 Å². The summed E-state index contributed by atoms with van der Waals surface area (Å²) in [7, 11) is -5.27. The third-order valence-corrected chi connectivity index (χ3v) is 3.88. The quantitative estimate of drug-likeness (QED) is 0.832. The van der Waals surface area contributed by atoms with Crippen molar-refractivity contribution in [3.05, 3.63) is 35.9 Å². The fraction of sp³-hybridized carbons (Fsp3) is 0.455. The molecule has 102 valence electrons. The van der Waals surface area contributed by atoms with E-state index in [9.17, 15) is 21.6 Å². The molecule has 0 bridgehead atoms. The fourth-order valence-corrected chi connectivity index (χ4v) is 2.50. The normalized spacial score (nSPS) is 12.9. The van der Waals surface area contributed by atoms with Crippen molar-refractivity contribution in [2.75, 3.05) is 6.54 Å². The van der Waals surface area contributed by atoms with E-state index >= 15 is 0 Å². The van der Waals surface area contributed by atoms with E-state index in [4.69, 9.17) is 0 Å². The van der Waals surface area contributed by atoms with Crippen LogP contribution < -0.4 is 0 Å². The Balaban J connectivity index is 2.98. The zero-order valence-corrected chi connectivity index (χ0v) is 10.6. The molecule has 0 radical (unpaired) electrons. The van der Waals surface area contributed by atoms with E-state index in [-0.39, 0.29) is 13.1 Å². The lowest BCUT2D eigenvalue weighted by Crippen LogP contribution is -2.40. The number of hydrogen-bond acceptors (Lipinski definition) is 2. The van der Waals surface area contributed by atoms with Gasteiger partial charge in [-0.25, -0.2) is 8.42 Å². The molecule has 1 aromatic carbocycles. The van der Waals surface area contributed by atoms with Gasteiger partial charge in [0.25, 0.3) is 0 Å². The minimum absolute atomic E-state index is 0.156. The number of alkyl halides is 3. The Morgan fingerprint density at radius 2 is 1.72 bits per heavy atom. The van der Waals surface area contributed by atoms with Gasteiger partial charge in [-0.2, -0.15) is 17.5 Å². The molecule has 0 amide bonds. The van der Waals surface area contributed by atoms with Crippen molar-refractivity contribution >= 4 is 10.0 Å². The predicted octanol–water partition coefficient (Wildman–Crippen LogP) is 2.75. The second-order valence-electron chi connectivity index (χ2n) is 3.77. The Hall–Kier alpha value is -1.08. The van der Waals surface area contributed by atoms with Crippen LogP contribution in [0.15, 0.2) is 30.3 Å². The molecule has 18 heavy (non-hydrogen) atoms. The molecule has 0 aliphatic carbocycles. The second-order valence-corrected chi connectivity index (χ2v) is 5.70. The van der Waals surface area contributed by atoms with Gasteiger partial charge in [-0.05, 0) is 12.0 Å². The van der Waals surface area contributed by atoms with Gasteiger partial charge >= 0.3 is 15.5 Å². The van der Waals surface area contributed by atoms with Crippen LogP contribution in [-0.2, 0) is 16.6 Å².